The smallest absolute Gasteiger partial charge is 0.252 e. The van der Waals surface area contributed by atoms with Crippen LogP contribution < -0.4 is 5.32 Å². The van der Waals surface area contributed by atoms with Crippen LogP contribution >= 0.6 is 11.3 Å². The van der Waals surface area contributed by atoms with Crippen molar-refractivity contribution >= 4 is 17.2 Å². The summed E-state index contributed by atoms with van der Waals surface area (Å²) in [5.74, 6) is 5.20. The number of rotatable bonds is 3. The van der Waals surface area contributed by atoms with Gasteiger partial charge in [-0.25, -0.2) is 0 Å². The Bertz CT molecular complexity index is 676. The minimum Gasteiger partial charge on any atom is -0.384 e. The van der Waals surface area contributed by atoms with Gasteiger partial charge in [0.05, 0.1) is 16.6 Å². The number of aliphatic hydroxyl groups excluding tert-OH is 1. The summed E-state index contributed by atoms with van der Waals surface area (Å²) in [6.45, 7) is 2.23. The third-order valence-corrected chi connectivity index (χ3v) is 3.77. The fourth-order valence-electron chi connectivity index (χ4n) is 1.64. The van der Waals surface area contributed by atoms with Crippen LogP contribution in [0.5, 0.6) is 0 Å². The van der Waals surface area contributed by atoms with E-state index in [1.165, 1.54) is 11.3 Å². The van der Waals surface area contributed by atoms with E-state index in [1.807, 2.05) is 14.0 Å². The predicted octanol–water partition coefficient (Wildman–Crippen LogP) is 1.06. The predicted molar refractivity (Wildman–Crippen MR) is 77.4 cm³/mol. The molecule has 0 aromatic carbocycles. The van der Waals surface area contributed by atoms with Crippen molar-refractivity contribution in [3.8, 4) is 11.8 Å². The highest BCUT2D eigenvalue weighted by atomic mass is 32.1. The first kappa shape index (κ1) is 14.3. The summed E-state index contributed by atoms with van der Waals surface area (Å²) in [6.07, 6.45) is 1.75. The molecule has 0 aliphatic rings. The quantitative estimate of drug-likeness (QED) is 0.830. The van der Waals surface area contributed by atoms with Crippen molar-refractivity contribution in [2.45, 2.75) is 13.5 Å². The minimum atomic E-state index is -0.181. The monoisotopic (exact) mass is 289 g/mol. The van der Waals surface area contributed by atoms with Gasteiger partial charge in [0.25, 0.3) is 5.91 Å². The lowest BCUT2D eigenvalue weighted by atomic mass is 10.2. The Morgan fingerprint density at radius 2 is 2.40 bits per heavy atom. The van der Waals surface area contributed by atoms with E-state index >= 15 is 0 Å². The van der Waals surface area contributed by atoms with Crippen LogP contribution in [-0.2, 0) is 13.6 Å². The molecular weight excluding hydrogens is 274 g/mol. The topological polar surface area (TPSA) is 67.2 Å². The second kappa shape index (κ2) is 6.37. The van der Waals surface area contributed by atoms with Crippen molar-refractivity contribution in [2.24, 2.45) is 7.05 Å². The van der Waals surface area contributed by atoms with Gasteiger partial charge < -0.3 is 10.4 Å². The fraction of sp³-hybridized carbons (Fsp3) is 0.286. The summed E-state index contributed by atoms with van der Waals surface area (Å²) in [5, 5.41) is 17.4. The van der Waals surface area contributed by atoms with Gasteiger partial charge in [-0.15, -0.1) is 11.3 Å². The maximum atomic E-state index is 12.0. The van der Waals surface area contributed by atoms with Crippen LogP contribution in [0, 0.1) is 18.8 Å². The van der Waals surface area contributed by atoms with E-state index in [0.717, 1.165) is 16.1 Å². The molecule has 2 rings (SSSR count). The van der Waals surface area contributed by atoms with Crippen LogP contribution in [0.4, 0.5) is 0 Å². The third-order valence-electron chi connectivity index (χ3n) is 2.93. The zero-order valence-corrected chi connectivity index (χ0v) is 12.1. The molecule has 0 bridgehead atoms. The average molecular weight is 289 g/mol. The maximum absolute atomic E-state index is 12.0. The van der Waals surface area contributed by atoms with Crippen LogP contribution in [0.3, 0.4) is 0 Å². The van der Waals surface area contributed by atoms with Crippen molar-refractivity contribution in [2.75, 3.05) is 6.61 Å². The molecule has 2 heterocycles. The van der Waals surface area contributed by atoms with E-state index < -0.39 is 0 Å². The molecule has 0 aliphatic carbocycles. The van der Waals surface area contributed by atoms with Crippen molar-refractivity contribution in [3.05, 3.63) is 39.3 Å². The highest BCUT2D eigenvalue weighted by molar-refractivity contribution is 7.10. The lowest BCUT2D eigenvalue weighted by Crippen LogP contribution is -2.22. The number of thiophene rings is 1. The first-order valence-electron chi connectivity index (χ1n) is 6.05. The first-order valence-corrected chi connectivity index (χ1v) is 6.93. The molecule has 2 aromatic rings. The summed E-state index contributed by atoms with van der Waals surface area (Å²) >= 11 is 1.38. The summed E-state index contributed by atoms with van der Waals surface area (Å²) in [6, 6.07) is 1.72. The zero-order chi connectivity index (χ0) is 14.5. The summed E-state index contributed by atoms with van der Waals surface area (Å²) in [7, 11) is 1.87. The van der Waals surface area contributed by atoms with E-state index in [4.69, 9.17) is 5.11 Å². The van der Waals surface area contributed by atoms with Crippen molar-refractivity contribution in [1.82, 2.24) is 15.1 Å². The number of aliphatic hydroxyl groups is 1. The molecule has 0 atom stereocenters. The Kier molecular flexibility index (Phi) is 4.56. The molecule has 0 saturated carbocycles. The van der Waals surface area contributed by atoms with E-state index in [9.17, 15) is 4.79 Å². The van der Waals surface area contributed by atoms with Gasteiger partial charge in [-0.05, 0) is 13.0 Å². The molecule has 0 saturated heterocycles. The number of nitrogens with one attached hydrogen (secondary N) is 1. The highest BCUT2D eigenvalue weighted by Gasteiger charge is 2.09. The molecular formula is C14H15N3O2S. The number of carbonyl (C=O) groups excluding carboxylic acids is 1. The lowest BCUT2D eigenvalue weighted by molar-refractivity contribution is 0.0951. The molecule has 1 amide bonds. The Labute approximate surface area is 121 Å². The Hall–Kier alpha value is -2.10. The molecule has 0 fully saturated rings. The summed E-state index contributed by atoms with van der Waals surface area (Å²) in [5.41, 5.74) is 2.61. The van der Waals surface area contributed by atoms with Crippen LogP contribution in [0.15, 0.2) is 17.6 Å². The van der Waals surface area contributed by atoms with Gasteiger partial charge in [-0.3, -0.25) is 9.48 Å². The second-order valence-electron chi connectivity index (χ2n) is 4.22. The normalized spacial score (nSPS) is 9.95. The molecule has 5 nitrogen and oxygen atoms in total. The Balaban J connectivity index is 1.98. The SMILES string of the molecule is Cc1c(CNC(=O)c2csc(C#CCO)c2)cnn1C. The Morgan fingerprint density at radius 3 is 3.05 bits per heavy atom. The lowest BCUT2D eigenvalue weighted by Gasteiger charge is -2.03. The van der Waals surface area contributed by atoms with Gasteiger partial charge in [-0.2, -0.15) is 5.10 Å². The van der Waals surface area contributed by atoms with E-state index in [-0.39, 0.29) is 12.5 Å². The van der Waals surface area contributed by atoms with Crippen LogP contribution in [0.2, 0.25) is 0 Å². The minimum absolute atomic E-state index is 0.137. The van der Waals surface area contributed by atoms with Crippen molar-refractivity contribution in [3.63, 3.8) is 0 Å². The number of nitrogens with zero attached hydrogens (tertiary/aromatic N) is 2. The molecule has 6 heteroatoms. The standard InChI is InChI=1S/C14H15N3O2S/c1-10-12(8-16-17(10)2)7-15-14(19)11-6-13(20-9-11)4-3-5-18/h6,8-9,18H,5,7H2,1-2H3,(H,15,19). The fourth-order valence-corrected chi connectivity index (χ4v) is 2.40. The van der Waals surface area contributed by atoms with Gasteiger partial charge in [0.15, 0.2) is 0 Å². The molecule has 2 aromatic heterocycles. The van der Waals surface area contributed by atoms with E-state index in [2.05, 4.69) is 22.3 Å². The maximum Gasteiger partial charge on any atom is 0.252 e. The molecule has 0 radical (unpaired) electrons. The van der Waals surface area contributed by atoms with Gasteiger partial charge in [0.1, 0.15) is 6.61 Å². The number of hydrogen-bond acceptors (Lipinski definition) is 4. The number of hydrogen-bond donors (Lipinski definition) is 2. The van der Waals surface area contributed by atoms with Crippen molar-refractivity contribution in [1.29, 1.82) is 0 Å². The second-order valence-corrected chi connectivity index (χ2v) is 5.13. The van der Waals surface area contributed by atoms with E-state index in [0.29, 0.717) is 12.1 Å². The van der Waals surface area contributed by atoms with Gasteiger partial charge in [-0.1, -0.05) is 11.8 Å². The largest absolute Gasteiger partial charge is 0.384 e. The molecule has 20 heavy (non-hydrogen) atoms. The molecule has 0 aliphatic heterocycles. The first-order chi connectivity index (χ1) is 9.61. The van der Waals surface area contributed by atoms with Crippen LogP contribution in [-0.4, -0.2) is 27.4 Å². The van der Waals surface area contributed by atoms with Crippen LogP contribution in [0.1, 0.15) is 26.5 Å². The summed E-state index contributed by atoms with van der Waals surface area (Å²) < 4.78 is 1.77. The molecule has 104 valence electrons. The average Bonchev–Trinajstić information content (AvgIpc) is 3.03. The van der Waals surface area contributed by atoms with Gasteiger partial charge in [0, 0.05) is 30.2 Å². The van der Waals surface area contributed by atoms with Crippen molar-refractivity contribution < 1.29 is 9.90 Å². The number of aryl methyl sites for hydroxylation is 1. The molecule has 2 N–H and O–H groups in total. The number of amides is 1. The Morgan fingerprint density at radius 1 is 1.60 bits per heavy atom. The number of aromatic nitrogens is 2. The van der Waals surface area contributed by atoms with Gasteiger partial charge in [0.2, 0.25) is 0 Å². The number of carbonyl (C=O) groups is 1. The van der Waals surface area contributed by atoms with E-state index in [1.54, 1.807) is 22.3 Å². The highest BCUT2D eigenvalue weighted by Crippen LogP contribution is 2.14. The zero-order valence-electron chi connectivity index (χ0n) is 11.3. The van der Waals surface area contributed by atoms with Gasteiger partial charge >= 0.3 is 0 Å². The van der Waals surface area contributed by atoms with Crippen LogP contribution in [0.25, 0.3) is 0 Å². The third kappa shape index (κ3) is 3.26. The molecule has 0 spiro atoms. The summed E-state index contributed by atoms with van der Waals surface area (Å²) in [4.78, 5) is 12.8. The molecule has 0 unspecified atom stereocenters.